The predicted octanol–water partition coefficient (Wildman–Crippen LogP) is 2.33. The molecule has 0 saturated heterocycles. The Morgan fingerprint density at radius 2 is 1.88 bits per heavy atom. The molecule has 2 aromatic carbocycles. The number of hydrogen-bond acceptors (Lipinski definition) is 5. The summed E-state index contributed by atoms with van der Waals surface area (Å²) in [6.07, 6.45) is 0. The normalized spacial score (nSPS) is 10.4. The first-order valence-corrected chi connectivity index (χ1v) is 7.59. The number of amides is 1. The molecule has 0 unspecified atom stereocenters. The van der Waals surface area contributed by atoms with Gasteiger partial charge in [-0.1, -0.05) is 35.4 Å². The van der Waals surface area contributed by atoms with Crippen molar-refractivity contribution in [3.05, 3.63) is 59.7 Å². The maximum absolute atomic E-state index is 12.2. The highest BCUT2D eigenvalue weighted by atomic mass is 16.1. The molecule has 7 nitrogen and oxygen atoms in total. The first-order chi connectivity index (χ1) is 11.6. The van der Waals surface area contributed by atoms with Gasteiger partial charge in [-0.3, -0.25) is 4.79 Å². The second-order valence-corrected chi connectivity index (χ2v) is 5.40. The van der Waals surface area contributed by atoms with Crippen LogP contribution in [0.1, 0.15) is 11.1 Å². The molecule has 0 spiro atoms. The second-order valence-electron chi connectivity index (χ2n) is 5.40. The average Bonchev–Trinajstić information content (AvgIpc) is 3.06. The van der Waals surface area contributed by atoms with E-state index < -0.39 is 0 Å². The maximum Gasteiger partial charge on any atom is 0.248 e. The molecule has 0 atom stereocenters. The summed E-state index contributed by atoms with van der Waals surface area (Å²) in [6, 6.07) is 15.3. The van der Waals surface area contributed by atoms with Gasteiger partial charge in [0.2, 0.25) is 11.9 Å². The molecule has 1 aromatic heterocycles. The lowest BCUT2D eigenvalue weighted by Crippen LogP contribution is -2.23. The van der Waals surface area contributed by atoms with Crippen molar-refractivity contribution < 1.29 is 4.79 Å². The van der Waals surface area contributed by atoms with Crippen LogP contribution in [-0.2, 0) is 4.79 Å². The molecule has 122 valence electrons. The number of nitrogens with one attached hydrogen (secondary N) is 2. The number of aryl methyl sites for hydroxylation is 1. The third-order valence-electron chi connectivity index (χ3n) is 3.76. The van der Waals surface area contributed by atoms with Crippen LogP contribution in [0.3, 0.4) is 0 Å². The minimum atomic E-state index is -0.161. The van der Waals surface area contributed by atoms with E-state index in [2.05, 4.69) is 26.2 Å². The zero-order valence-electron chi connectivity index (χ0n) is 13.5. The van der Waals surface area contributed by atoms with E-state index in [4.69, 9.17) is 0 Å². The molecule has 7 heteroatoms. The van der Waals surface area contributed by atoms with Crippen LogP contribution in [0.4, 0.5) is 11.6 Å². The average molecular weight is 322 g/mol. The van der Waals surface area contributed by atoms with Crippen molar-refractivity contribution in [3.63, 3.8) is 0 Å². The molecule has 1 heterocycles. The molecule has 3 rings (SSSR count). The Labute approximate surface area is 139 Å². The fourth-order valence-corrected chi connectivity index (χ4v) is 2.28. The van der Waals surface area contributed by atoms with Crippen LogP contribution in [0.25, 0.3) is 5.69 Å². The molecular formula is C17H18N6O. The molecule has 0 aliphatic rings. The largest absolute Gasteiger partial charge is 0.344 e. The summed E-state index contributed by atoms with van der Waals surface area (Å²) >= 11 is 0. The van der Waals surface area contributed by atoms with Crippen LogP contribution < -0.4 is 10.6 Å². The summed E-state index contributed by atoms with van der Waals surface area (Å²) in [5, 5.41) is 17.4. The quantitative estimate of drug-likeness (QED) is 0.753. The number of nitrogens with zero attached hydrogens (tertiary/aromatic N) is 4. The maximum atomic E-state index is 12.2. The van der Waals surface area contributed by atoms with Gasteiger partial charge in [0.05, 0.1) is 12.2 Å². The van der Waals surface area contributed by atoms with Crippen molar-refractivity contribution in [2.24, 2.45) is 0 Å². The number of aromatic nitrogens is 4. The van der Waals surface area contributed by atoms with Gasteiger partial charge in [0, 0.05) is 5.69 Å². The Hall–Kier alpha value is -3.22. The number of para-hydroxylation sites is 1. The van der Waals surface area contributed by atoms with E-state index in [1.54, 1.807) is 4.68 Å². The Morgan fingerprint density at radius 3 is 2.67 bits per heavy atom. The van der Waals surface area contributed by atoms with Crippen LogP contribution in [-0.4, -0.2) is 32.7 Å². The van der Waals surface area contributed by atoms with Crippen LogP contribution in [0, 0.1) is 13.8 Å². The van der Waals surface area contributed by atoms with Crippen molar-refractivity contribution in [2.75, 3.05) is 17.2 Å². The summed E-state index contributed by atoms with van der Waals surface area (Å²) in [6.45, 7) is 4.06. The topological polar surface area (TPSA) is 84.7 Å². The standard InChI is InChI=1S/C17H18N6O/c1-12-7-6-10-15(13(12)2)19-16(24)11-18-17-20-21-22-23(17)14-8-4-3-5-9-14/h3-10H,11H2,1-2H3,(H,19,24)(H,18,20,22). The lowest BCUT2D eigenvalue weighted by Gasteiger charge is -2.11. The van der Waals surface area contributed by atoms with Gasteiger partial charge in [-0.25, -0.2) is 0 Å². The summed E-state index contributed by atoms with van der Waals surface area (Å²) in [5.41, 5.74) is 3.82. The van der Waals surface area contributed by atoms with Crippen LogP contribution in [0.5, 0.6) is 0 Å². The molecule has 0 aliphatic heterocycles. The lowest BCUT2D eigenvalue weighted by molar-refractivity contribution is -0.114. The van der Waals surface area contributed by atoms with Gasteiger partial charge in [0.1, 0.15) is 0 Å². The van der Waals surface area contributed by atoms with E-state index in [1.165, 1.54) is 0 Å². The molecular weight excluding hydrogens is 304 g/mol. The van der Waals surface area contributed by atoms with Gasteiger partial charge < -0.3 is 10.6 Å². The molecule has 3 aromatic rings. The number of tetrazole rings is 1. The monoisotopic (exact) mass is 322 g/mol. The molecule has 2 N–H and O–H groups in total. The molecule has 0 saturated carbocycles. The summed E-state index contributed by atoms with van der Waals surface area (Å²) in [5.74, 6) is 0.253. The first kappa shape index (κ1) is 15.7. The van der Waals surface area contributed by atoms with Gasteiger partial charge in [0.15, 0.2) is 0 Å². The fourth-order valence-electron chi connectivity index (χ4n) is 2.28. The van der Waals surface area contributed by atoms with E-state index >= 15 is 0 Å². The number of rotatable bonds is 5. The zero-order chi connectivity index (χ0) is 16.9. The Balaban J connectivity index is 1.65. The van der Waals surface area contributed by atoms with Crippen LogP contribution in [0.2, 0.25) is 0 Å². The molecule has 0 aliphatic carbocycles. The highest BCUT2D eigenvalue weighted by molar-refractivity contribution is 5.94. The number of carbonyl (C=O) groups is 1. The third-order valence-corrected chi connectivity index (χ3v) is 3.76. The zero-order valence-corrected chi connectivity index (χ0v) is 13.5. The SMILES string of the molecule is Cc1cccc(NC(=O)CNc2nnnn2-c2ccccc2)c1C. The van der Waals surface area contributed by atoms with Gasteiger partial charge in [-0.15, -0.1) is 0 Å². The first-order valence-electron chi connectivity index (χ1n) is 7.59. The molecule has 24 heavy (non-hydrogen) atoms. The summed E-state index contributed by atoms with van der Waals surface area (Å²) in [7, 11) is 0. The van der Waals surface area contributed by atoms with E-state index in [9.17, 15) is 4.79 Å². The van der Waals surface area contributed by atoms with Crippen molar-refractivity contribution >= 4 is 17.5 Å². The molecule has 0 radical (unpaired) electrons. The van der Waals surface area contributed by atoms with Gasteiger partial charge >= 0.3 is 0 Å². The van der Waals surface area contributed by atoms with Crippen LogP contribution >= 0.6 is 0 Å². The summed E-state index contributed by atoms with van der Waals surface area (Å²) < 4.78 is 1.55. The lowest BCUT2D eigenvalue weighted by atomic mass is 10.1. The molecule has 0 bridgehead atoms. The van der Waals surface area contributed by atoms with Crippen LogP contribution in [0.15, 0.2) is 48.5 Å². The Bertz CT molecular complexity index is 843. The minimum absolute atomic E-state index is 0.0700. The summed E-state index contributed by atoms with van der Waals surface area (Å²) in [4.78, 5) is 12.2. The van der Waals surface area contributed by atoms with E-state index in [-0.39, 0.29) is 12.5 Å². The smallest absolute Gasteiger partial charge is 0.248 e. The Morgan fingerprint density at radius 1 is 1.08 bits per heavy atom. The number of anilines is 2. The highest BCUT2D eigenvalue weighted by Crippen LogP contribution is 2.17. The number of benzene rings is 2. The van der Waals surface area contributed by atoms with E-state index in [0.29, 0.717) is 5.95 Å². The van der Waals surface area contributed by atoms with Gasteiger partial charge in [-0.2, -0.15) is 4.68 Å². The van der Waals surface area contributed by atoms with Gasteiger partial charge in [0.25, 0.3) is 0 Å². The molecule has 1 amide bonds. The Kier molecular flexibility index (Phi) is 4.51. The van der Waals surface area contributed by atoms with E-state index in [1.807, 2.05) is 62.4 Å². The van der Waals surface area contributed by atoms with Gasteiger partial charge in [-0.05, 0) is 53.6 Å². The highest BCUT2D eigenvalue weighted by Gasteiger charge is 2.10. The minimum Gasteiger partial charge on any atom is -0.344 e. The van der Waals surface area contributed by atoms with Crippen molar-refractivity contribution in [1.82, 2.24) is 20.2 Å². The van der Waals surface area contributed by atoms with Crippen molar-refractivity contribution in [3.8, 4) is 5.69 Å². The van der Waals surface area contributed by atoms with Crippen molar-refractivity contribution in [2.45, 2.75) is 13.8 Å². The number of carbonyl (C=O) groups excluding carboxylic acids is 1. The van der Waals surface area contributed by atoms with E-state index in [0.717, 1.165) is 22.5 Å². The van der Waals surface area contributed by atoms with Crippen molar-refractivity contribution in [1.29, 1.82) is 0 Å². The second kappa shape index (κ2) is 6.91. The molecule has 0 fully saturated rings. The fraction of sp³-hybridized carbons (Fsp3) is 0.176. The predicted molar refractivity (Wildman–Crippen MR) is 92.2 cm³/mol. The third kappa shape index (κ3) is 3.40. The number of hydrogen-bond donors (Lipinski definition) is 2.